The largest absolute Gasteiger partial charge is 0.507 e. The first-order valence-corrected chi connectivity index (χ1v) is 26.0. The summed E-state index contributed by atoms with van der Waals surface area (Å²) < 4.78 is 18.7. The molecule has 0 radical (unpaired) electrons. The molecular weight excluding hydrogens is 921 g/mol. The molecule has 0 saturated carbocycles. The normalized spacial score (nSPS) is 31.7. The zero-order valence-electron chi connectivity index (χ0n) is 43.8. The summed E-state index contributed by atoms with van der Waals surface area (Å²) in [6.07, 6.45) is 8.59. The van der Waals surface area contributed by atoms with Crippen molar-refractivity contribution < 1.29 is 53.8 Å². The molecule has 0 aliphatic carbocycles. The van der Waals surface area contributed by atoms with Gasteiger partial charge in [-0.1, -0.05) is 59.8 Å². The standard InChI is InChI=1S/C55H76N6O11/c1-30(2)28-60-23-19-55(20-24-60)57-42-39-40-47(66)36(8)50-41(39)51(68)53(9,72-50)70-26-12-15-32(4)49(71-38(63)27-37(62)61-25-18-54(29-61)16-21-59(10)22-17-54)35(7)46(65)34(6)45(64)31(3)13-11-14-33(5)52(69)56-44(48(40)67)43(42)58-55/h11-14,26,30-32,34-35,45-46,49,57,64-67H,15-25,27-29H2,1-10H3/b13-11+,26-12+,33-14-,56-44?/t31-,32+,34+,35+,45-,46+,49+,53-/m0/s1. The van der Waals surface area contributed by atoms with Gasteiger partial charge < -0.3 is 54.7 Å². The molecule has 3 fully saturated rings. The number of fused-ring (bicyclic) bond motifs is 13. The smallest absolute Gasteiger partial charge is 0.315 e. The molecule has 5 N–H and O–H groups in total. The number of phenolic OH excluding ortho intramolecular Hbond substituents is 2. The average Bonchev–Trinajstić information content (AvgIpc) is 4.01. The number of nitrogens with zero attached hydrogens (tertiary/aromatic N) is 5. The summed E-state index contributed by atoms with van der Waals surface area (Å²) in [6.45, 7) is 21.5. The summed E-state index contributed by atoms with van der Waals surface area (Å²) in [7, 11) is 2.10. The topological polar surface area (TPSA) is 223 Å². The van der Waals surface area contributed by atoms with Crippen molar-refractivity contribution in [1.82, 2.24) is 14.7 Å². The zero-order valence-corrected chi connectivity index (χ0v) is 43.8. The van der Waals surface area contributed by atoms with Gasteiger partial charge in [0.2, 0.25) is 5.91 Å². The van der Waals surface area contributed by atoms with Crippen molar-refractivity contribution in [2.75, 3.05) is 58.2 Å². The Morgan fingerprint density at radius 1 is 0.917 bits per heavy atom. The average molecular weight is 997 g/mol. The van der Waals surface area contributed by atoms with Crippen LogP contribution in [0.25, 0.3) is 10.8 Å². The second-order valence-corrected chi connectivity index (χ2v) is 22.6. The van der Waals surface area contributed by atoms with Crippen LogP contribution in [0.3, 0.4) is 0 Å². The van der Waals surface area contributed by atoms with Crippen LogP contribution in [0, 0.1) is 41.9 Å². The molecule has 392 valence electrons. The molecule has 2 aromatic rings. The highest BCUT2D eigenvalue weighted by atomic mass is 16.7. The lowest BCUT2D eigenvalue weighted by atomic mass is 9.78. The Kier molecular flexibility index (Phi) is 15.1. The number of phenols is 2. The van der Waals surface area contributed by atoms with E-state index in [1.54, 1.807) is 63.8 Å². The number of aliphatic hydroxyl groups excluding tert-OH is 2. The first-order chi connectivity index (χ1) is 34.0. The molecule has 7 aliphatic heterocycles. The Labute approximate surface area is 422 Å². The number of allylic oxidation sites excluding steroid dienone is 3. The molecule has 2 aromatic carbocycles. The third-order valence-corrected chi connectivity index (χ3v) is 16.6. The maximum absolute atomic E-state index is 14.9. The van der Waals surface area contributed by atoms with Gasteiger partial charge in [-0.2, -0.15) is 0 Å². The SMILES string of the molecule is C/C1=C/C=C/[C@H](C)[C@H](O)[C@@H](C)[C@@H](O)[C@@H](C)[C@H](OC(=O)CC(=O)N2CCC3(CCN(C)CC3)C2)[C@H](C)C/C=C/O[C@@]2(C)Oc3c(C)c(O)c4c(O)c(c5c(c4c3C2=O)NC2(CCN(CC(C)C)CC2)N=5)=NC1=O. The fraction of sp³-hybridized carbons (Fsp3) is 0.636. The molecule has 9 rings (SSSR count). The third kappa shape index (κ3) is 10.1. The number of hydrogen-bond acceptors (Lipinski definition) is 15. The summed E-state index contributed by atoms with van der Waals surface area (Å²) in [6, 6.07) is 0. The van der Waals surface area contributed by atoms with Crippen molar-refractivity contribution in [1.29, 1.82) is 0 Å². The van der Waals surface area contributed by atoms with Crippen LogP contribution in [0.2, 0.25) is 0 Å². The van der Waals surface area contributed by atoms with Crippen LogP contribution >= 0.6 is 0 Å². The van der Waals surface area contributed by atoms with Crippen LogP contribution in [0.15, 0.2) is 46.1 Å². The van der Waals surface area contributed by atoms with Crippen molar-refractivity contribution in [3.05, 3.63) is 58.0 Å². The first-order valence-electron chi connectivity index (χ1n) is 26.0. The van der Waals surface area contributed by atoms with E-state index in [4.69, 9.17) is 19.2 Å². The van der Waals surface area contributed by atoms with E-state index < -0.39 is 83.3 Å². The second kappa shape index (κ2) is 20.5. The number of rotatable bonds is 5. The maximum Gasteiger partial charge on any atom is 0.315 e. The van der Waals surface area contributed by atoms with E-state index in [9.17, 15) is 39.6 Å². The third-order valence-electron chi connectivity index (χ3n) is 16.6. The van der Waals surface area contributed by atoms with Gasteiger partial charge in [-0.25, -0.2) is 4.99 Å². The number of carbonyl (C=O) groups is 4. The Balaban J connectivity index is 1.14. The molecule has 7 heterocycles. The molecule has 17 heteroatoms. The van der Waals surface area contributed by atoms with E-state index >= 15 is 0 Å². The molecule has 2 amide bonds. The van der Waals surface area contributed by atoms with Gasteiger partial charge in [0.25, 0.3) is 11.7 Å². The number of ketones is 1. The molecule has 7 aliphatic rings. The number of anilines is 1. The Hall–Kier alpha value is -5.36. The summed E-state index contributed by atoms with van der Waals surface area (Å²) in [5.41, 5.74) is -0.0479. The van der Waals surface area contributed by atoms with E-state index in [0.29, 0.717) is 37.5 Å². The Morgan fingerprint density at radius 3 is 2.28 bits per heavy atom. The number of likely N-dealkylation sites (tertiary alicyclic amines) is 3. The predicted molar refractivity (Wildman–Crippen MR) is 271 cm³/mol. The second-order valence-electron chi connectivity index (χ2n) is 22.6. The van der Waals surface area contributed by atoms with Crippen LogP contribution in [0.1, 0.15) is 116 Å². The highest BCUT2D eigenvalue weighted by Crippen LogP contribution is 2.51. The molecule has 3 saturated heterocycles. The summed E-state index contributed by atoms with van der Waals surface area (Å²) in [4.78, 5) is 72.3. The number of nitrogens with one attached hydrogen (secondary N) is 1. The van der Waals surface area contributed by atoms with Crippen molar-refractivity contribution in [3.63, 3.8) is 0 Å². The Morgan fingerprint density at radius 2 is 1.60 bits per heavy atom. The van der Waals surface area contributed by atoms with Crippen LogP contribution < -0.4 is 20.8 Å². The van der Waals surface area contributed by atoms with Crippen LogP contribution in [-0.2, 0) is 23.9 Å². The van der Waals surface area contributed by atoms with E-state index in [-0.39, 0.29) is 67.4 Å². The number of carbonyl (C=O) groups excluding carboxylic acids is 4. The van der Waals surface area contributed by atoms with Gasteiger partial charge in [-0.05, 0) is 83.0 Å². The molecule has 72 heavy (non-hydrogen) atoms. The number of ether oxygens (including phenoxy) is 3. The molecule has 2 spiro atoms. The highest BCUT2D eigenvalue weighted by Gasteiger charge is 2.51. The summed E-state index contributed by atoms with van der Waals surface area (Å²) in [5.74, 6) is -6.99. The first kappa shape index (κ1) is 52.9. The van der Waals surface area contributed by atoms with Gasteiger partial charge in [0, 0.05) is 86.8 Å². The maximum atomic E-state index is 14.9. The number of amides is 2. The lowest BCUT2D eigenvalue weighted by Gasteiger charge is -2.38. The molecule has 5 bridgehead atoms. The minimum absolute atomic E-state index is 0.0619. The van der Waals surface area contributed by atoms with Gasteiger partial charge in [0.05, 0.1) is 35.1 Å². The number of aromatic hydroxyl groups is 2. The van der Waals surface area contributed by atoms with E-state index in [1.165, 1.54) is 13.2 Å². The van der Waals surface area contributed by atoms with Gasteiger partial charge >= 0.3 is 11.8 Å². The van der Waals surface area contributed by atoms with Gasteiger partial charge in [-0.3, -0.25) is 24.2 Å². The highest BCUT2D eigenvalue weighted by molar-refractivity contribution is 6.21. The number of hydrogen-bond donors (Lipinski definition) is 5. The lowest BCUT2D eigenvalue weighted by Crippen LogP contribution is -2.47. The van der Waals surface area contributed by atoms with E-state index in [2.05, 4.69) is 41.0 Å². The Bertz CT molecular complexity index is 2700. The quantitative estimate of drug-likeness (QED) is 0.143. The number of piperidine rings is 2. The monoisotopic (exact) mass is 997 g/mol. The predicted octanol–water partition coefficient (Wildman–Crippen LogP) is 5.44. The molecular formula is C55H76N6O11. The minimum Gasteiger partial charge on any atom is -0.507 e. The van der Waals surface area contributed by atoms with Gasteiger partial charge in [0.15, 0.2) is 5.75 Å². The zero-order chi connectivity index (χ0) is 52.2. The van der Waals surface area contributed by atoms with Crippen molar-refractivity contribution in [2.45, 2.75) is 137 Å². The fourth-order valence-corrected chi connectivity index (χ4v) is 11.9. The minimum atomic E-state index is -1.94. The summed E-state index contributed by atoms with van der Waals surface area (Å²) in [5, 5.41) is 51.3. The van der Waals surface area contributed by atoms with Gasteiger partial charge in [-0.15, -0.1) is 0 Å². The fourth-order valence-electron chi connectivity index (χ4n) is 11.9. The number of Topliss-reactive ketones (excluding diaryl/α,β-unsaturated/α-hetero) is 1. The molecule has 0 aromatic heterocycles. The number of esters is 1. The molecule has 8 atom stereocenters. The van der Waals surface area contributed by atoms with Crippen molar-refractivity contribution in [3.8, 4) is 17.2 Å². The van der Waals surface area contributed by atoms with Crippen molar-refractivity contribution >= 4 is 40.0 Å². The lowest BCUT2D eigenvalue weighted by molar-refractivity contribution is -0.162. The number of benzene rings is 2. The number of aliphatic hydroxyl groups is 2. The van der Waals surface area contributed by atoms with Crippen LogP contribution in [0.4, 0.5) is 5.69 Å². The van der Waals surface area contributed by atoms with Gasteiger partial charge in [0.1, 0.15) is 40.4 Å². The van der Waals surface area contributed by atoms with Crippen LogP contribution in [-0.4, -0.2) is 141 Å². The van der Waals surface area contributed by atoms with Crippen molar-refractivity contribution in [2.24, 2.45) is 45.0 Å². The summed E-state index contributed by atoms with van der Waals surface area (Å²) >= 11 is 0. The molecule has 17 nitrogen and oxygen atoms in total. The van der Waals surface area contributed by atoms with E-state index in [1.807, 2.05) is 6.92 Å². The van der Waals surface area contributed by atoms with E-state index in [0.717, 1.165) is 52.0 Å². The molecule has 0 unspecified atom stereocenters. The van der Waals surface area contributed by atoms with Crippen LogP contribution in [0.5, 0.6) is 17.2 Å².